The molecule has 124 valence electrons. The van der Waals surface area contributed by atoms with E-state index in [2.05, 4.69) is 15.1 Å². The van der Waals surface area contributed by atoms with Crippen LogP contribution in [0.15, 0.2) is 35.1 Å². The molecule has 0 N–H and O–H groups in total. The highest BCUT2D eigenvalue weighted by molar-refractivity contribution is 5.94. The lowest BCUT2D eigenvalue weighted by Crippen LogP contribution is -2.33. The predicted octanol–water partition coefficient (Wildman–Crippen LogP) is 2.81. The second-order valence-corrected chi connectivity index (χ2v) is 6.53. The summed E-state index contributed by atoms with van der Waals surface area (Å²) in [4.78, 5) is 23.0. The molecule has 6 rings (SSSR count). The van der Waals surface area contributed by atoms with Gasteiger partial charge < -0.3 is 9.26 Å². The van der Waals surface area contributed by atoms with Gasteiger partial charge in [-0.25, -0.2) is 9.78 Å². The number of carbonyl (C=O) groups excluding carboxylic acids is 1. The smallest absolute Gasteiger partial charge is 0.415 e. The van der Waals surface area contributed by atoms with Crippen LogP contribution in [0.3, 0.4) is 0 Å². The van der Waals surface area contributed by atoms with Crippen LogP contribution in [0.2, 0.25) is 0 Å². The largest absolute Gasteiger partial charge is 0.446 e. The molecule has 1 atom stereocenters. The van der Waals surface area contributed by atoms with Gasteiger partial charge in [-0.3, -0.25) is 9.47 Å². The number of carbonyl (C=O) groups is 1. The molecule has 2 aliphatic heterocycles. The molecule has 1 saturated carbocycles. The number of nitrogens with zero attached hydrogens (tertiary/aromatic N) is 5. The van der Waals surface area contributed by atoms with Gasteiger partial charge in [0, 0.05) is 5.92 Å². The second-order valence-electron chi connectivity index (χ2n) is 6.53. The molecule has 0 bridgehead atoms. The Bertz CT molecular complexity index is 1020. The van der Waals surface area contributed by atoms with Gasteiger partial charge in [-0.05, 0) is 25.0 Å². The first-order valence-corrected chi connectivity index (χ1v) is 8.28. The van der Waals surface area contributed by atoms with Crippen LogP contribution in [0.25, 0.3) is 17.2 Å². The summed E-state index contributed by atoms with van der Waals surface area (Å²) in [7, 11) is 0. The fourth-order valence-electron chi connectivity index (χ4n) is 3.63. The number of ether oxygens (including phenoxy) is 1. The van der Waals surface area contributed by atoms with Crippen molar-refractivity contribution in [2.45, 2.75) is 24.8 Å². The van der Waals surface area contributed by atoms with Crippen LogP contribution in [0.1, 0.15) is 36.4 Å². The maximum atomic E-state index is 12.3. The van der Waals surface area contributed by atoms with Crippen molar-refractivity contribution in [3.63, 3.8) is 0 Å². The average Bonchev–Trinajstić information content (AvgIpc) is 3.06. The number of benzene rings is 1. The molecule has 1 saturated heterocycles. The van der Waals surface area contributed by atoms with Gasteiger partial charge in [0.25, 0.3) is 0 Å². The summed E-state index contributed by atoms with van der Waals surface area (Å²) in [5.41, 5.74) is 3.20. The molecule has 3 aliphatic rings. The summed E-state index contributed by atoms with van der Waals surface area (Å²) in [6, 6.07) is 7.46. The van der Waals surface area contributed by atoms with E-state index >= 15 is 0 Å². The van der Waals surface area contributed by atoms with Crippen LogP contribution in [0.4, 0.5) is 10.5 Å². The summed E-state index contributed by atoms with van der Waals surface area (Å²) in [5, 5.41) is 4.11. The summed E-state index contributed by atoms with van der Waals surface area (Å²) < 4.78 is 12.7. The molecular weight excluding hydrogens is 322 g/mol. The van der Waals surface area contributed by atoms with Gasteiger partial charge >= 0.3 is 6.09 Å². The van der Waals surface area contributed by atoms with Crippen LogP contribution < -0.4 is 4.90 Å². The van der Waals surface area contributed by atoms with Crippen LogP contribution in [-0.2, 0) is 4.74 Å². The van der Waals surface area contributed by atoms with Gasteiger partial charge in [0.15, 0.2) is 0 Å². The normalized spacial score (nSPS) is 20.9. The molecule has 2 fully saturated rings. The lowest BCUT2D eigenvalue weighted by Gasteiger charge is -2.30. The van der Waals surface area contributed by atoms with E-state index in [1.54, 1.807) is 11.2 Å². The maximum Gasteiger partial charge on any atom is 0.415 e. The fourth-order valence-corrected chi connectivity index (χ4v) is 3.63. The van der Waals surface area contributed by atoms with E-state index in [-0.39, 0.29) is 18.7 Å². The molecule has 0 spiro atoms. The third-order valence-corrected chi connectivity index (χ3v) is 4.97. The van der Waals surface area contributed by atoms with E-state index in [9.17, 15) is 4.79 Å². The Kier molecular flexibility index (Phi) is 2.35. The van der Waals surface area contributed by atoms with Crippen molar-refractivity contribution in [2.24, 2.45) is 0 Å². The number of anilines is 1. The quantitative estimate of drug-likeness (QED) is 0.716. The highest BCUT2D eigenvalue weighted by Gasteiger charge is 2.44. The molecular formula is C17H13N5O3. The maximum absolute atomic E-state index is 12.3. The number of hydrogen-bond donors (Lipinski definition) is 0. The number of cyclic esters (lactones) is 1. The summed E-state index contributed by atoms with van der Waals surface area (Å²) in [6.45, 7) is 0.277. The van der Waals surface area contributed by atoms with Crippen LogP contribution in [0, 0.1) is 0 Å². The lowest BCUT2D eigenvalue weighted by atomic mass is 10.1. The fraction of sp³-hybridized carbons (Fsp3) is 0.294. The zero-order valence-electron chi connectivity index (χ0n) is 13.1. The van der Waals surface area contributed by atoms with Crippen molar-refractivity contribution < 1.29 is 14.1 Å². The molecule has 2 aromatic heterocycles. The first-order chi connectivity index (χ1) is 12.3. The minimum Gasteiger partial charge on any atom is -0.446 e. The molecule has 8 heteroatoms. The van der Waals surface area contributed by atoms with Crippen LogP contribution >= 0.6 is 0 Å². The van der Waals surface area contributed by atoms with Crippen LogP contribution in [0.5, 0.6) is 0 Å². The third-order valence-electron chi connectivity index (χ3n) is 4.97. The van der Waals surface area contributed by atoms with Gasteiger partial charge in [0.05, 0.1) is 17.1 Å². The Hall–Kier alpha value is -3.16. The van der Waals surface area contributed by atoms with Gasteiger partial charge in [0.1, 0.15) is 24.7 Å². The highest BCUT2D eigenvalue weighted by Crippen LogP contribution is 2.45. The molecule has 25 heavy (non-hydrogen) atoms. The summed E-state index contributed by atoms with van der Waals surface area (Å²) in [6.07, 6.45) is 3.59. The number of rotatable bonds is 2. The summed E-state index contributed by atoms with van der Waals surface area (Å²) in [5.74, 6) is 1.52. The predicted molar refractivity (Wildman–Crippen MR) is 85.4 cm³/mol. The molecule has 1 unspecified atom stereocenters. The standard InChI is InChI=1S/C17H13N5O3/c23-17-22-11-4-2-1-3-10(11)21-8-18-13(14(21)12(22)7-24-17)15-19-16(25-20-15)9-5-6-9/h1-4,8-9,12H,5-7H2. The number of para-hydroxylation sites is 2. The van der Waals surface area contributed by atoms with E-state index in [4.69, 9.17) is 9.26 Å². The zero-order valence-corrected chi connectivity index (χ0v) is 13.1. The lowest BCUT2D eigenvalue weighted by molar-refractivity contribution is 0.179. The Morgan fingerprint density at radius 2 is 2.00 bits per heavy atom. The Balaban J connectivity index is 1.56. The Labute approximate surface area is 142 Å². The van der Waals surface area contributed by atoms with Crippen molar-refractivity contribution in [2.75, 3.05) is 11.5 Å². The molecule has 1 amide bonds. The van der Waals surface area contributed by atoms with Gasteiger partial charge in [-0.2, -0.15) is 4.98 Å². The molecule has 3 aromatic rings. The number of amides is 1. The monoisotopic (exact) mass is 335 g/mol. The van der Waals surface area contributed by atoms with Crippen LogP contribution in [-0.4, -0.2) is 32.4 Å². The molecule has 8 nitrogen and oxygen atoms in total. The highest BCUT2D eigenvalue weighted by atomic mass is 16.6. The topological polar surface area (TPSA) is 86.3 Å². The Morgan fingerprint density at radius 3 is 2.84 bits per heavy atom. The minimum absolute atomic E-state index is 0.247. The molecule has 1 aliphatic carbocycles. The van der Waals surface area contributed by atoms with Gasteiger partial charge in [-0.1, -0.05) is 17.3 Å². The molecule has 1 aromatic carbocycles. The van der Waals surface area contributed by atoms with E-state index in [0.717, 1.165) is 29.9 Å². The third kappa shape index (κ3) is 1.71. The number of imidazole rings is 1. The average molecular weight is 335 g/mol. The second kappa shape index (κ2) is 4.47. The van der Waals surface area contributed by atoms with Crippen molar-refractivity contribution in [1.29, 1.82) is 0 Å². The van der Waals surface area contributed by atoms with E-state index in [1.807, 2.05) is 28.8 Å². The minimum atomic E-state index is -0.345. The number of hydrogen-bond acceptors (Lipinski definition) is 6. The number of fused-ring (bicyclic) bond motifs is 6. The van der Waals surface area contributed by atoms with Crippen molar-refractivity contribution >= 4 is 11.8 Å². The first kappa shape index (κ1) is 13.2. The Morgan fingerprint density at radius 1 is 1.16 bits per heavy atom. The van der Waals surface area contributed by atoms with Crippen molar-refractivity contribution in [3.8, 4) is 17.2 Å². The van der Waals surface area contributed by atoms with E-state index in [1.165, 1.54) is 0 Å². The van der Waals surface area contributed by atoms with Crippen molar-refractivity contribution in [3.05, 3.63) is 42.2 Å². The van der Waals surface area contributed by atoms with E-state index < -0.39 is 0 Å². The SMILES string of the molecule is O=C1OCC2c3c(-c4noc(C5CC5)n4)ncn3-c3ccccc3N12. The van der Waals surface area contributed by atoms with E-state index in [0.29, 0.717) is 23.3 Å². The van der Waals surface area contributed by atoms with Gasteiger partial charge in [-0.15, -0.1) is 0 Å². The van der Waals surface area contributed by atoms with Crippen molar-refractivity contribution in [1.82, 2.24) is 19.7 Å². The zero-order chi connectivity index (χ0) is 16.5. The summed E-state index contributed by atoms with van der Waals surface area (Å²) >= 11 is 0. The first-order valence-electron chi connectivity index (χ1n) is 8.28. The molecule has 0 radical (unpaired) electrons. The molecule has 4 heterocycles. The number of aromatic nitrogens is 4. The van der Waals surface area contributed by atoms with Gasteiger partial charge in [0.2, 0.25) is 11.7 Å².